The largest absolute Gasteiger partial charge is 0.370 e. The highest BCUT2D eigenvalue weighted by molar-refractivity contribution is 5.57. The van der Waals surface area contributed by atoms with Gasteiger partial charge in [0.1, 0.15) is 17.5 Å². The van der Waals surface area contributed by atoms with E-state index >= 15 is 0 Å². The maximum absolute atomic E-state index is 4.74. The van der Waals surface area contributed by atoms with Crippen LogP contribution in [0.2, 0.25) is 0 Å². The molecule has 1 aromatic rings. The predicted octanol–water partition coefficient (Wildman–Crippen LogP) is 4.19. The summed E-state index contributed by atoms with van der Waals surface area (Å²) in [6.45, 7) is 12.8. The van der Waals surface area contributed by atoms with Crippen molar-refractivity contribution in [1.29, 1.82) is 0 Å². The van der Waals surface area contributed by atoms with Gasteiger partial charge in [0.15, 0.2) is 0 Å². The van der Waals surface area contributed by atoms with E-state index in [0.29, 0.717) is 5.92 Å². The third kappa shape index (κ3) is 3.86. The number of anilines is 2. The standard InChI is InChI=1S/C17H30N4/c1-6-18-16-13(5)17(21-15(20-16)11(2)3)19-10-14-9-7-8-12(14)4/h11-12,14H,6-10H2,1-5H3,(H2,18,19,20,21). The smallest absolute Gasteiger partial charge is 0.135 e. The Balaban J connectivity index is 2.16. The highest BCUT2D eigenvalue weighted by Crippen LogP contribution is 2.32. The van der Waals surface area contributed by atoms with E-state index in [4.69, 9.17) is 4.98 Å². The molecule has 0 aliphatic heterocycles. The molecule has 0 spiro atoms. The van der Waals surface area contributed by atoms with Gasteiger partial charge in [-0.25, -0.2) is 9.97 Å². The van der Waals surface area contributed by atoms with E-state index in [9.17, 15) is 0 Å². The molecule has 2 atom stereocenters. The fraction of sp³-hybridized carbons (Fsp3) is 0.765. The van der Waals surface area contributed by atoms with Gasteiger partial charge in [0.25, 0.3) is 0 Å². The molecule has 0 amide bonds. The van der Waals surface area contributed by atoms with Crippen LogP contribution in [0.3, 0.4) is 0 Å². The average Bonchev–Trinajstić information content (AvgIpc) is 2.85. The van der Waals surface area contributed by atoms with Gasteiger partial charge < -0.3 is 10.6 Å². The van der Waals surface area contributed by atoms with Gasteiger partial charge in [-0.2, -0.15) is 0 Å². The Kier molecular flexibility index (Phi) is 5.43. The van der Waals surface area contributed by atoms with Crippen LogP contribution >= 0.6 is 0 Å². The predicted molar refractivity (Wildman–Crippen MR) is 90.0 cm³/mol. The third-order valence-corrected chi connectivity index (χ3v) is 4.59. The second-order valence-electron chi connectivity index (χ2n) is 6.64. The van der Waals surface area contributed by atoms with Crippen molar-refractivity contribution in [2.24, 2.45) is 11.8 Å². The summed E-state index contributed by atoms with van der Waals surface area (Å²) in [5, 5.41) is 6.95. The SMILES string of the molecule is CCNc1nc(C(C)C)nc(NCC2CCCC2C)c1C. The summed E-state index contributed by atoms with van der Waals surface area (Å²) in [6, 6.07) is 0. The zero-order valence-electron chi connectivity index (χ0n) is 14.2. The summed E-state index contributed by atoms with van der Waals surface area (Å²) in [4.78, 5) is 9.39. The molecular weight excluding hydrogens is 260 g/mol. The zero-order valence-corrected chi connectivity index (χ0v) is 14.2. The molecule has 1 aromatic heterocycles. The van der Waals surface area contributed by atoms with E-state index in [0.717, 1.165) is 47.9 Å². The van der Waals surface area contributed by atoms with Crippen molar-refractivity contribution >= 4 is 11.6 Å². The van der Waals surface area contributed by atoms with Gasteiger partial charge >= 0.3 is 0 Å². The van der Waals surface area contributed by atoms with Crippen molar-refractivity contribution in [3.05, 3.63) is 11.4 Å². The summed E-state index contributed by atoms with van der Waals surface area (Å²) in [5.41, 5.74) is 1.13. The third-order valence-electron chi connectivity index (χ3n) is 4.59. The Morgan fingerprint density at radius 2 is 1.81 bits per heavy atom. The Bertz CT molecular complexity index is 470. The van der Waals surface area contributed by atoms with Crippen molar-refractivity contribution in [2.75, 3.05) is 23.7 Å². The molecule has 1 fully saturated rings. The van der Waals surface area contributed by atoms with Gasteiger partial charge in [-0.1, -0.05) is 33.6 Å². The lowest BCUT2D eigenvalue weighted by atomic mass is 9.98. The molecule has 1 heterocycles. The summed E-state index contributed by atoms with van der Waals surface area (Å²) < 4.78 is 0. The quantitative estimate of drug-likeness (QED) is 0.825. The monoisotopic (exact) mass is 290 g/mol. The molecule has 0 radical (unpaired) electrons. The lowest BCUT2D eigenvalue weighted by molar-refractivity contribution is 0.439. The molecule has 2 N–H and O–H groups in total. The lowest BCUT2D eigenvalue weighted by Crippen LogP contribution is -2.19. The molecule has 118 valence electrons. The molecule has 0 bridgehead atoms. The minimum atomic E-state index is 0.342. The van der Waals surface area contributed by atoms with Gasteiger partial charge in [-0.05, 0) is 32.1 Å². The van der Waals surface area contributed by atoms with Crippen LogP contribution in [0.1, 0.15) is 64.3 Å². The average molecular weight is 290 g/mol. The summed E-state index contributed by atoms with van der Waals surface area (Å²) in [7, 11) is 0. The van der Waals surface area contributed by atoms with Crippen molar-refractivity contribution in [3.8, 4) is 0 Å². The summed E-state index contributed by atoms with van der Waals surface area (Å²) >= 11 is 0. The highest BCUT2D eigenvalue weighted by Gasteiger charge is 2.23. The van der Waals surface area contributed by atoms with Gasteiger partial charge in [0, 0.05) is 24.6 Å². The topological polar surface area (TPSA) is 49.8 Å². The minimum Gasteiger partial charge on any atom is -0.370 e. The van der Waals surface area contributed by atoms with E-state index in [1.807, 2.05) is 0 Å². The Labute approximate surface area is 129 Å². The Morgan fingerprint density at radius 1 is 1.14 bits per heavy atom. The number of nitrogens with zero attached hydrogens (tertiary/aromatic N) is 2. The number of rotatable bonds is 6. The number of nitrogens with one attached hydrogen (secondary N) is 2. The normalized spacial score (nSPS) is 21.8. The first-order chi connectivity index (χ1) is 10.0. The van der Waals surface area contributed by atoms with Crippen LogP contribution < -0.4 is 10.6 Å². The van der Waals surface area contributed by atoms with Gasteiger partial charge in [-0.3, -0.25) is 0 Å². The van der Waals surface area contributed by atoms with Crippen LogP contribution in [-0.2, 0) is 0 Å². The number of aromatic nitrogens is 2. The molecule has 4 heteroatoms. The second-order valence-corrected chi connectivity index (χ2v) is 6.64. The first kappa shape index (κ1) is 16.1. The maximum atomic E-state index is 4.74. The van der Waals surface area contributed by atoms with Crippen LogP contribution in [0.15, 0.2) is 0 Å². The van der Waals surface area contributed by atoms with Crippen molar-refractivity contribution in [2.45, 2.75) is 59.8 Å². The van der Waals surface area contributed by atoms with Crippen LogP contribution in [0.25, 0.3) is 0 Å². The first-order valence-corrected chi connectivity index (χ1v) is 8.39. The number of hydrogen-bond donors (Lipinski definition) is 2. The van der Waals surface area contributed by atoms with Gasteiger partial charge in [0.2, 0.25) is 0 Å². The number of hydrogen-bond acceptors (Lipinski definition) is 4. The van der Waals surface area contributed by atoms with Crippen LogP contribution in [0.5, 0.6) is 0 Å². The second kappa shape index (κ2) is 7.10. The molecule has 21 heavy (non-hydrogen) atoms. The van der Waals surface area contributed by atoms with Crippen LogP contribution in [-0.4, -0.2) is 23.1 Å². The van der Waals surface area contributed by atoms with Crippen LogP contribution in [0.4, 0.5) is 11.6 Å². The van der Waals surface area contributed by atoms with Gasteiger partial charge in [-0.15, -0.1) is 0 Å². The van der Waals surface area contributed by atoms with Crippen molar-refractivity contribution in [1.82, 2.24) is 9.97 Å². The minimum absolute atomic E-state index is 0.342. The van der Waals surface area contributed by atoms with E-state index in [1.165, 1.54) is 19.3 Å². The molecule has 1 saturated carbocycles. The highest BCUT2D eigenvalue weighted by atomic mass is 15.1. The summed E-state index contributed by atoms with van der Waals surface area (Å²) in [5.74, 6) is 4.84. The molecule has 2 rings (SSSR count). The van der Waals surface area contributed by atoms with Crippen molar-refractivity contribution in [3.63, 3.8) is 0 Å². The maximum Gasteiger partial charge on any atom is 0.135 e. The molecule has 4 nitrogen and oxygen atoms in total. The fourth-order valence-electron chi connectivity index (χ4n) is 3.06. The van der Waals surface area contributed by atoms with E-state index in [-0.39, 0.29) is 0 Å². The molecule has 1 aliphatic carbocycles. The molecule has 1 aliphatic rings. The van der Waals surface area contributed by atoms with E-state index in [1.54, 1.807) is 0 Å². The Morgan fingerprint density at radius 3 is 2.33 bits per heavy atom. The molecular formula is C17H30N4. The fourth-order valence-corrected chi connectivity index (χ4v) is 3.06. The molecule has 0 aromatic carbocycles. The lowest BCUT2D eigenvalue weighted by Gasteiger charge is -2.19. The summed E-state index contributed by atoms with van der Waals surface area (Å²) in [6.07, 6.45) is 4.08. The van der Waals surface area contributed by atoms with E-state index < -0.39 is 0 Å². The first-order valence-electron chi connectivity index (χ1n) is 8.39. The van der Waals surface area contributed by atoms with E-state index in [2.05, 4.69) is 50.2 Å². The zero-order chi connectivity index (χ0) is 15.4. The molecule has 0 saturated heterocycles. The van der Waals surface area contributed by atoms with Gasteiger partial charge in [0.05, 0.1) is 0 Å². The van der Waals surface area contributed by atoms with Crippen molar-refractivity contribution < 1.29 is 0 Å². The molecule has 2 unspecified atom stereocenters. The Hall–Kier alpha value is -1.32. The van der Waals surface area contributed by atoms with Crippen LogP contribution in [0, 0.1) is 18.8 Å².